The molecule has 0 radical (unpaired) electrons. The van der Waals surface area contributed by atoms with E-state index >= 15 is 4.39 Å². The van der Waals surface area contributed by atoms with Crippen LogP contribution < -0.4 is 5.56 Å². The van der Waals surface area contributed by atoms with Crippen LogP contribution in [0.15, 0.2) is 33.5 Å². The normalized spacial score (nSPS) is 20.5. The molecule has 8 nitrogen and oxygen atoms in total. The molecule has 35 heavy (non-hydrogen) atoms. The zero-order valence-corrected chi connectivity index (χ0v) is 20.0. The van der Waals surface area contributed by atoms with Crippen molar-refractivity contribution in [3.8, 4) is 11.1 Å². The Labute approximate surface area is 205 Å². The van der Waals surface area contributed by atoms with Gasteiger partial charge < -0.3 is 9.15 Å². The fourth-order valence-electron chi connectivity index (χ4n) is 4.54. The molecule has 0 N–H and O–H groups in total. The number of hydrogen-bond donors (Lipinski definition) is 0. The highest BCUT2D eigenvalue weighted by molar-refractivity contribution is 6.30. The van der Waals surface area contributed by atoms with Gasteiger partial charge in [-0.05, 0) is 63.8 Å². The fraction of sp³-hybridized carbons (Fsp3) is 0.400. The first kappa shape index (κ1) is 22.3. The third-order valence-corrected chi connectivity index (χ3v) is 7.10. The summed E-state index contributed by atoms with van der Waals surface area (Å²) in [7, 11) is 0. The Morgan fingerprint density at radius 1 is 1.06 bits per heavy atom. The van der Waals surface area contributed by atoms with Crippen molar-refractivity contribution < 1.29 is 13.5 Å². The Bertz CT molecular complexity index is 1510. The van der Waals surface area contributed by atoms with Crippen LogP contribution in [0.5, 0.6) is 0 Å². The molecule has 180 valence electrons. The van der Waals surface area contributed by atoms with E-state index in [1.807, 2.05) is 6.07 Å². The highest BCUT2D eigenvalue weighted by atomic mass is 35.5. The van der Waals surface area contributed by atoms with E-state index in [1.165, 1.54) is 10.6 Å². The molecule has 1 aromatic carbocycles. The van der Waals surface area contributed by atoms with Crippen molar-refractivity contribution in [2.75, 3.05) is 6.61 Å². The lowest BCUT2D eigenvalue weighted by Gasteiger charge is -2.27. The first-order chi connectivity index (χ1) is 16.9. The second-order valence-corrected chi connectivity index (χ2v) is 9.74. The van der Waals surface area contributed by atoms with Gasteiger partial charge in [0, 0.05) is 45.8 Å². The molecule has 0 bridgehead atoms. The maximum atomic E-state index is 15.0. The molecule has 3 aromatic heterocycles. The number of ether oxygens (including phenoxy) is 1. The van der Waals surface area contributed by atoms with E-state index in [9.17, 15) is 4.79 Å². The van der Waals surface area contributed by atoms with Crippen LogP contribution in [0, 0.1) is 19.7 Å². The van der Waals surface area contributed by atoms with Crippen molar-refractivity contribution in [1.29, 1.82) is 0 Å². The molecule has 1 aliphatic heterocycles. The average molecular weight is 496 g/mol. The van der Waals surface area contributed by atoms with E-state index in [0.717, 1.165) is 12.8 Å². The molecular formula is C25H23ClFN5O3. The van der Waals surface area contributed by atoms with Gasteiger partial charge in [0.05, 0.1) is 5.69 Å². The van der Waals surface area contributed by atoms with Crippen LogP contribution in [-0.2, 0) is 4.74 Å². The molecule has 10 heteroatoms. The van der Waals surface area contributed by atoms with Gasteiger partial charge in [0.25, 0.3) is 5.56 Å². The number of aryl methyl sites for hydroxylation is 1. The molecule has 6 rings (SSSR count). The van der Waals surface area contributed by atoms with Gasteiger partial charge in [0.1, 0.15) is 11.9 Å². The van der Waals surface area contributed by atoms with Gasteiger partial charge in [-0.15, -0.1) is 10.2 Å². The number of nitrogens with zero attached hydrogens (tertiary/aromatic N) is 5. The van der Waals surface area contributed by atoms with E-state index in [4.69, 9.17) is 20.8 Å². The number of benzene rings is 1. The molecule has 2 atom stereocenters. The number of rotatable bonds is 4. The Hall–Kier alpha value is -3.17. The summed E-state index contributed by atoms with van der Waals surface area (Å²) < 4.78 is 28.1. The summed E-state index contributed by atoms with van der Waals surface area (Å²) in [5.41, 5.74) is 2.55. The maximum Gasteiger partial charge on any atom is 0.277 e. The fourth-order valence-corrected chi connectivity index (χ4v) is 4.70. The quantitative estimate of drug-likeness (QED) is 0.390. The molecule has 0 spiro atoms. The van der Waals surface area contributed by atoms with Crippen LogP contribution in [0.25, 0.3) is 16.8 Å². The van der Waals surface area contributed by atoms with E-state index in [-0.39, 0.29) is 17.6 Å². The average Bonchev–Trinajstić information content (AvgIpc) is 3.59. The summed E-state index contributed by atoms with van der Waals surface area (Å²) in [6.45, 7) is 3.95. The van der Waals surface area contributed by atoms with E-state index < -0.39 is 5.82 Å². The van der Waals surface area contributed by atoms with Crippen molar-refractivity contribution in [3.63, 3.8) is 0 Å². The lowest BCUT2D eigenvalue weighted by atomic mass is 9.91. The maximum absolute atomic E-state index is 15.0. The summed E-state index contributed by atoms with van der Waals surface area (Å²) in [5.74, 6) is 0.940. The Kier molecular flexibility index (Phi) is 5.41. The monoisotopic (exact) mass is 495 g/mol. The van der Waals surface area contributed by atoms with Crippen LogP contribution in [0.2, 0.25) is 5.02 Å². The standard InChI is InChI=1S/C25H23ClFN5O3/c1-12-13(2)28-22-18(17-6-5-16(26)10-19(17)27)11-20(31-32(22)25(12)33)15-7-8-34-21(9-15)24-30-29-23(35-24)14-3-4-14/h5-6,10-11,14-15,21H,3-4,7-9H2,1-2H3/t15-,21+/m1/s1. The Morgan fingerprint density at radius 2 is 1.86 bits per heavy atom. The van der Waals surface area contributed by atoms with Gasteiger partial charge in [0.15, 0.2) is 5.65 Å². The van der Waals surface area contributed by atoms with Gasteiger partial charge in [-0.1, -0.05) is 11.6 Å². The Morgan fingerprint density at radius 3 is 2.63 bits per heavy atom. The molecule has 1 saturated heterocycles. The zero-order valence-electron chi connectivity index (χ0n) is 19.3. The molecule has 1 saturated carbocycles. The van der Waals surface area contributed by atoms with Gasteiger partial charge in [-0.3, -0.25) is 4.79 Å². The minimum atomic E-state index is -0.493. The van der Waals surface area contributed by atoms with Crippen molar-refractivity contribution in [2.24, 2.45) is 0 Å². The van der Waals surface area contributed by atoms with Crippen LogP contribution in [0.4, 0.5) is 4.39 Å². The van der Waals surface area contributed by atoms with E-state index in [0.29, 0.717) is 75.9 Å². The molecule has 2 fully saturated rings. The lowest BCUT2D eigenvalue weighted by molar-refractivity contribution is -0.0118. The second-order valence-electron chi connectivity index (χ2n) is 9.30. The van der Waals surface area contributed by atoms with E-state index in [1.54, 1.807) is 26.0 Å². The minimum Gasteiger partial charge on any atom is -0.422 e. The predicted octanol–water partition coefficient (Wildman–Crippen LogP) is 5.06. The van der Waals surface area contributed by atoms with Gasteiger partial charge in [-0.2, -0.15) is 9.61 Å². The molecular weight excluding hydrogens is 473 g/mol. The SMILES string of the molecule is Cc1nc2c(-c3ccc(Cl)cc3F)cc([C@@H]3CCO[C@H](c4nnc(C5CC5)o4)C3)nn2c(=O)c1C. The summed E-state index contributed by atoms with van der Waals surface area (Å²) >= 11 is 5.99. The Balaban J connectivity index is 1.45. The number of halogens is 2. The van der Waals surface area contributed by atoms with Gasteiger partial charge >= 0.3 is 0 Å². The topological polar surface area (TPSA) is 95.4 Å². The molecule has 1 aliphatic carbocycles. The molecule has 4 heterocycles. The van der Waals surface area contributed by atoms with Crippen LogP contribution in [0.1, 0.15) is 72.4 Å². The number of fused-ring (bicyclic) bond motifs is 1. The zero-order chi connectivity index (χ0) is 24.3. The molecule has 0 unspecified atom stereocenters. The third kappa shape index (κ3) is 4.02. The van der Waals surface area contributed by atoms with Gasteiger partial charge in [0.2, 0.25) is 11.8 Å². The van der Waals surface area contributed by atoms with Crippen LogP contribution >= 0.6 is 11.6 Å². The first-order valence-electron chi connectivity index (χ1n) is 11.7. The second kappa shape index (κ2) is 8.49. The minimum absolute atomic E-state index is 0.0583. The third-order valence-electron chi connectivity index (χ3n) is 6.86. The molecule has 4 aromatic rings. The molecule has 2 aliphatic rings. The van der Waals surface area contributed by atoms with Crippen molar-refractivity contribution in [1.82, 2.24) is 24.8 Å². The van der Waals surface area contributed by atoms with Gasteiger partial charge in [-0.25, -0.2) is 9.37 Å². The van der Waals surface area contributed by atoms with Crippen molar-refractivity contribution >= 4 is 17.2 Å². The number of aromatic nitrogens is 5. The number of hydrogen-bond acceptors (Lipinski definition) is 7. The lowest BCUT2D eigenvalue weighted by Crippen LogP contribution is -2.25. The summed E-state index contributed by atoms with van der Waals surface area (Å²) in [6.07, 6.45) is 3.02. The predicted molar refractivity (Wildman–Crippen MR) is 126 cm³/mol. The van der Waals surface area contributed by atoms with Crippen molar-refractivity contribution in [2.45, 2.75) is 57.5 Å². The largest absolute Gasteiger partial charge is 0.422 e. The summed E-state index contributed by atoms with van der Waals surface area (Å²) in [6, 6.07) is 6.29. The van der Waals surface area contributed by atoms with Crippen LogP contribution in [0.3, 0.4) is 0 Å². The molecule has 0 amide bonds. The van der Waals surface area contributed by atoms with Crippen molar-refractivity contribution in [3.05, 3.63) is 74.2 Å². The summed E-state index contributed by atoms with van der Waals surface area (Å²) in [4.78, 5) is 17.7. The highest BCUT2D eigenvalue weighted by Gasteiger charge is 2.34. The van der Waals surface area contributed by atoms with E-state index in [2.05, 4.69) is 20.3 Å². The smallest absolute Gasteiger partial charge is 0.277 e. The first-order valence-corrected chi connectivity index (χ1v) is 12.1. The summed E-state index contributed by atoms with van der Waals surface area (Å²) in [5, 5.41) is 13.4. The van der Waals surface area contributed by atoms with Crippen LogP contribution in [-0.4, -0.2) is 31.4 Å². The highest BCUT2D eigenvalue weighted by Crippen LogP contribution is 2.42.